The summed E-state index contributed by atoms with van der Waals surface area (Å²) in [6, 6.07) is 1.06. The summed E-state index contributed by atoms with van der Waals surface area (Å²) in [5, 5.41) is 0. The maximum atomic E-state index is 6.64. The van der Waals surface area contributed by atoms with Crippen molar-refractivity contribution in [1.29, 1.82) is 0 Å². The van der Waals surface area contributed by atoms with Crippen LogP contribution in [-0.2, 0) is 25.9 Å². The Kier molecular flexibility index (Phi) is 12.5. The second-order valence-corrected chi connectivity index (χ2v) is 30.3. The van der Waals surface area contributed by atoms with Gasteiger partial charge < -0.3 is 25.9 Å². The van der Waals surface area contributed by atoms with Gasteiger partial charge in [-0.05, 0) is 91.4 Å². The molecule has 0 aliphatic rings. The van der Waals surface area contributed by atoms with E-state index >= 15 is 0 Å². The first kappa shape index (κ1) is 29.8. The Labute approximate surface area is 186 Å². The van der Waals surface area contributed by atoms with Crippen LogP contribution >= 0.6 is 0 Å². The fourth-order valence-electron chi connectivity index (χ4n) is 3.66. The van der Waals surface area contributed by atoms with Crippen molar-refractivity contribution in [2.45, 2.75) is 91.4 Å². The molecule has 176 valence electrons. The van der Waals surface area contributed by atoms with Gasteiger partial charge in [0.1, 0.15) is 0 Å². The fourth-order valence-corrected chi connectivity index (χ4v) is 27.4. The summed E-state index contributed by atoms with van der Waals surface area (Å²) in [5.41, 5.74) is 0. The molecule has 11 heteroatoms. The van der Waals surface area contributed by atoms with Gasteiger partial charge in [0.05, 0.1) is 13.2 Å². The molecule has 0 heterocycles. The van der Waals surface area contributed by atoms with E-state index in [0.717, 1.165) is 25.7 Å². The van der Waals surface area contributed by atoms with E-state index in [1.807, 2.05) is 6.92 Å². The average molecular weight is 501 g/mol. The van der Waals surface area contributed by atoms with E-state index in [1.54, 1.807) is 0 Å². The van der Waals surface area contributed by atoms with Crippen LogP contribution in [0.2, 0.25) is 78.1 Å². The van der Waals surface area contributed by atoms with E-state index in [1.165, 1.54) is 0 Å². The third-order valence-electron chi connectivity index (χ3n) is 3.70. The molecule has 0 spiro atoms. The summed E-state index contributed by atoms with van der Waals surface area (Å²) in [6.07, 6.45) is 1.01. The first-order valence-electron chi connectivity index (χ1n) is 10.8. The molecule has 0 N–H and O–H groups in total. The number of ether oxygens (including phenoxy) is 2. The van der Waals surface area contributed by atoms with Gasteiger partial charge >= 0.3 is 25.7 Å². The topological polar surface area (TPSA) is 55.4 Å². The summed E-state index contributed by atoms with van der Waals surface area (Å²) in [5.74, 6) is 0. The molecule has 0 aromatic heterocycles. The molecule has 29 heavy (non-hydrogen) atoms. The maximum Gasteiger partial charge on any atom is 0.314 e. The summed E-state index contributed by atoms with van der Waals surface area (Å²) in [4.78, 5) is 0. The molecule has 0 radical (unpaired) electrons. The van der Waals surface area contributed by atoms with Gasteiger partial charge in [0.2, 0.25) is 0 Å². The van der Waals surface area contributed by atoms with E-state index in [0.29, 0.717) is 13.2 Å². The summed E-state index contributed by atoms with van der Waals surface area (Å²) in [7, 11) is -10.4. The van der Waals surface area contributed by atoms with Gasteiger partial charge in [-0.25, -0.2) is 0 Å². The molecule has 0 amide bonds. The Hall–Kier alpha value is 0.844. The van der Waals surface area contributed by atoms with Crippen molar-refractivity contribution in [3.8, 4) is 0 Å². The van der Waals surface area contributed by atoms with E-state index in [9.17, 15) is 0 Å². The quantitative estimate of drug-likeness (QED) is 0.202. The summed E-state index contributed by atoms with van der Waals surface area (Å²) >= 11 is 0. The van der Waals surface area contributed by atoms with Crippen LogP contribution in [-0.4, -0.2) is 68.7 Å². The molecule has 0 saturated carbocycles. The molecule has 0 rings (SSSR count). The average Bonchev–Trinajstić information content (AvgIpc) is 2.39. The number of hydrogen-bond donors (Lipinski definition) is 0. The van der Waals surface area contributed by atoms with E-state index in [4.69, 9.17) is 25.9 Å². The first-order chi connectivity index (χ1) is 12.9. The minimum atomic E-state index is -2.35. The molecule has 0 aliphatic carbocycles. The Morgan fingerprint density at radius 3 is 1.45 bits per heavy atom. The predicted octanol–water partition coefficient (Wildman–Crippen LogP) is 5.64. The lowest BCUT2D eigenvalue weighted by Crippen LogP contribution is -2.58. The monoisotopic (exact) mass is 500 g/mol. The molecule has 0 fully saturated rings. The fraction of sp³-hybridized carbons (Fsp3) is 1.00. The second kappa shape index (κ2) is 12.2. The first-order valence-corrected chi connectivity index (χ1v) is 25.8. The molecule has 0 atom stereocenters. The van der Waals surface area contributed by atoms with Gasteiger partial charge in [0, 0.05) is 13.2 Å². The van der Waals surface area contributed by atoms with E-state index in [2.05, 4.69) is 72.0 Å². The van der Waals surface area contributed by atoms with Crippen molar-refractivity contribution in [3.63, 3.8) is 0 Å². The normalized spacial score (nSPS) is 14.5. The predicted molar refractivity (Wildman–Crippen MR) is 134 cm³/mol. The highest BCUT2D eigenvalue weighted by atomic mass is 28.5. The van der Waals surface area contributed by atoms with Crippen LogP contribution in [0.15, 0.2) is 0 Å². The van der Waals surface area contributed by atoms with Crippen molar-refractivity contribution in [2.24, 2.45) is 0 Å². The molecule has 0 saturated heterocycles. The third kappa shape index (κ3) is 17.1. The lowest BCUT2D eigenvalue weighted by molar-refractivity contribution is 0.0529. The van der Waals surface area contributed by atoms with Gasteiger partial charge in [0.15, 0.2) is 16.6 Å². The SMILES string of the molecule is CCOCCOCCC[Si](C)(C)O[Si](C)(C)O[Si](C)(C)O[Si](C)(C)O[Si](C)(C)C. The Morgan fingerprint density at radius 2 is 0.966 bits per heavy atom. The molecule has 0 aliphatic heterocycles. The summed E-state index contributed by atoms with van der Waals surface area (Å²) < 4.78 is 37.0. The zero-order valence-electron chi connectivity index (χ0n) is 21.2. The van der Waals surface area contributed by atoms with E-state index in [-0.39, 0.29) is 0 Å². The van der Waals surface area contributed by atoms with Crippen molar-refractivity contribution in [2.75, 3.05) is 26.4 Å². The van der Waals surface area contributed by atoms with Crippen LogP contribution < -0.4 is 0 Å². The minimum Gasteiger partial charge on any atom is -0.437 e. The molecular formula is C18H48O6Si5. The van der Waals surface area contributed by atoms with Gasteiger partial charge in [-0.3, -0.25) is 0 Å². The van der Waals surface area contributed by atoms with Crippen LogP contribution in [0.1, 0.15) is 13.3 Å². The highest BCUT2D eigenvalue weighted by Gasteiger charge is 2.44. The van der Waals surface area contributed by atoms with Gasteiger partial charge in [-0.15, -0.1) is 0 Å². The minimum absolute atomic E-state index is 0.663. The molecule has 0 bridgehead atoms. The molecule has 0 unspecified atom stereocenters. The molecule has 0 aromatic carbocycles. The van der Waals surface area contributed by atoms with Gasteiger partial charge in [-0.2, -0.15) is 0 Å². The highest BCUT2D eigenvalue weighted by molar-refractivity contribution is 6.90. The number of rotatable bonds is 16. The van der Waals surface area contributed by atoms with Crippen molar-refractivity contribution in [1.82, 2.24) is 0 Å². The zero-order chi connectivity index (χ0) is 23.0. The van der Waals surface area contributed by atoms with Crippen molar-refractivity contribution in [3.05, 3.63) is 0 Å². The van der Waals surface area contributed by atoms with Crippen LogP contribution in [0.3, 0.4) is 0 Å². The largest absolute Gasteiger partial charge is 0.437 e. The highest BCUT2D eigenvalue weighted by Crippen LogP contribution is 2.27. The lowest BCUT2D eigenvalue weighted by Gasteiger charge is -2.42. The van der Waals surface area contributed by atoms with E-state index < -0.39 is 42.3 Å². The van der Waals surface area contributed by atoms with Gasteiger partial charge in [-0.1, -0.05) is 0 Å². The molecule has 6 nitrogen and oxygen atoms in total. The Balaban J connectivity index is 4.58. The number of hydrogen-bond acceptors (Lipinski definition) is 6. The van der Waals surface area contributed by atoms with Crippen molar-refractivity contribution < 1.29 is 25.9 Å². The third-order valence-corrected chi connectivity index (χ3v) is 21.7. The standard InChI is InChI=1S/C18H48O6Si5/c1-13-19-16-17-20-15-14-18-26(5,6)22-28(9,10)24-29(11,12)23-27(7,8)21-25(2,3)4/h13-18H2,1-12H3. The zero-order valence-corrected chi connectivity index (χ0v) is 26.2. The van der Waals surface area contributed by atoms with Gasteiger partial charge in [0.25, 0.3) is 0 Å². The second-order valence-electron chi connectivity index (χ2n) is 10.4. The van der Waals surface area contributed by atoms with Crippen LogP contribution in [0.5, 0.6) is 0 Å². The van der Waals surface area contributed by atoms with Crippen molar-refractivity contribution >= 4 is 42.3 Å². The van der Waals surface area contributed by atoms with Crippen LogP contribution in [0, 0.1) is 0 Å². The molecule has 0 aromatic rings. The molecular weight excluding hydrogens is 453 g/mol. The smallest absolute Gasteiger partial charge is 0.314 e. The van der Waals surface area contributed by atoms with Crippen LogP contribution in [0.25, 0.3) is 0 Å². The summed E-state index contributed by atoms with van der Waals surface area (Å²) in [6.45, 7) is 28.8. The van der Waals surface area contributed by atoms with Crippen LogP contribution in [0.4, 0.5) is 0 Å². The maximum absolute atomic E-state index is 6.64. The Morgan fingerprint density at radius 1 is 0.517 bits per heavy atom. The lowest BCUT2D eigenvalue weighted by atomic mass is 10.5. The Bertz CT molecular complexity index is 466.